The number of primary amides is 1. The smallest absolute Gasteiger partial charge is 0.408 e. The topological polar surface area (TPSA) is 206 Å². The van der Waals surface area contributed by atoms with E-state index in [1.165, 1.54) is 16.7 Å². The zero-order chi connectivity index (χ0) is 35.7. The highest BCUT2D eigenvalue weighted by molar-refractivity contribution is 7.99. The van der Waals surface area contributed by atoms with Gasteiger partial charge in [0.2, 0.25) is 17.7 Å². The van der Waals surface area contributed by atoms with E-state index in [-0.39, 0.29) is 43.5 Å². The van der Waals surface area contributed by atoms with Gasteiger partial charge in [0.25, 0.3) is 0 Å². The van der Waals surface area contributed by atoms with E-state index >= 15 is 0 Å². The molecule has 1 saturated heterocycles. The Balaban J connectivity index is 1.22. The molecule has 1 fully saturated rings. The summed E-state index contributed by atoms with van der Waals surface area (Å²) in [5.74, 6) is -3.06. The second-order valence-corrected chi connectivity index (χ2v) is 13.9. The zero-order valence-corrected chi connectivity index (χ0v) is 28.5. The number of amides is 5. The number of aliphatic carboxylic acids is 1. The van der Waals surface area contributed by atoms with Gasteiger partial charge in [0.05, 0.1) is 0 Å². The maximum atomic E-state index is 13.0. The number of hydrogen-bond acceptors (Lipinski definition) is 9. The van der Waals surface area contributed by atoms with Gasteiger partial charge in [-0.05, 0) is 68.0 Å². The number of carboxylic acid groups (broad SMARTS) is 1. The number of likely N-dealkylation sites (tertiary alicyclic amines) is 1. The highest BCUT2D eigenvalue weighted by Crippen LogP contribution is 2.44. The van der Waals surface area contributed by atoms with E-state index < -0.39 is 59.6 Å². The third-order valence-corrected chi connectivity index (χ3v) is 9.18. The standard InChI is InChI=1S/C34H43N5O9S/c1-34(2,3)48-32(45)36-17-28(40)39-15-8-13-27(39)30(42)37-25(31(43)44)14-16-49-19-26(29(35)41)38-33(46)47-18-24-22-11-6-4-9-20(22)21-10-5-7-12-23(21)24/h4-7,9-12,24-27H,8,13-19H2,1-3H3,(H2,35,41)(H,36,45)(H,37,42)(H,38,46)(H,43,44)/t25-,26+,27-/m0/s1. The molecule has 0 radical (unpaired) electrons. The molecule has 3 atom stereocenters. The number of carboxylic acids is 1. The molecule has 2 aromatic rings. The lowest BCUT2D eigenvalue weighted by Gasteiger charge is -2.26. The van der Waals surface area contributed by atoms with Gasteiger partial charge in [-0.3, -0.25) is 14.4 Å². The van der Waals surface area contributed by atoms with Crippen LogP contribution in [0.3, 0.4) is 0 Å². The van der Waals surface area contributed by atoms with Crippen molar-refractivity contribution in [2.75, 3.05) is 31.2 Å². The van der Waals surface area contributed by atoms with Gasteiger partial charge in [0.15, 0.2) is 0 Å². The second kappa shape index (κ2) is 16.5. The Kier molecular flexibility index (Phi) is 12.5. The van der Waals surface area contributed by atoms with E-state index in [1.54, 1.807) is 20.8 Å². The van der Waals surface area contributed by atoms with Gasteiger partial charge in [-0.15, -0.1) is 0 Å². The molecule has 1 heterocycles. The third kappa shape index (κ3) is 10.1. The summed E-state index contributed by atoms with van der Waals surface area (Å²) in [7, 11) is 0. The Morgan fingerprint density at radius 1 is 0.959 bits per heavy atom. The largest absolute Gasteiger partial charge is 0.480 e. The number of carbonyl (C=O) groups is 6. The highest BCUT2D eigenvalue weighted by atomic mass is 32.2. The summed E-state index contributed by atoms with van der Waals surface area (Å²) in [4.78, 5) is 75.8. The molecule has 1 aliphatic carbocycles. The lowest BCUT2D eigenvalue weighted by atomic mass is 9.98. The van der Waals surface area contributed by atoms with Crippen molar-refractivity contribution in [2.45, 2.75) is 69.7 Å². The predicted octanol–water partition coefficient (Wildman–Crippen LogP) is 2.59. The number of benzene rings is 2. The van der Waals surface area contributed by atoms with Crippen LogP contribution in [0, 0.1) is 0 Å². The molecule has 0 saturated carbocycles. The first-order chi connectivity index (χ1) is 23.2. The molecule has 0 unspecified atom stereocenters. The number of nitrogens with zero attached hydrogens (tertiary/aromatic N) is 1. The van der Waals surface area contributed by atoms with Crippen LogP contribution in [0.2, 0.25) is 0 Å². The van der Waals surface area contributed by atoms with Crippen LogP contribution in [0.25, 0.3) is 11.1 Å². The number of alkyl carbamates (subject to hydrolysis) is 2. The number of nitrogens with two attached hydrogens (primary N) is 1. The van der Waals surface area contributed by atoms with E-state index in [0.29, 0.717) is 12.8 Å². The molecule has 0 spiro atoms. The van der Waals surface area contributed by atoms with Gasteiger partial charge in [0, 0.05) is 18.2 Å². The normalized spacial score (nSPS) is 16.5. The van der Waals surface area contributed by atoms with Crippen LogP contribution in [0.4, 0.5) is 9.59 Å². The lowest BCUT2D eigenvalue weighted by Crippen LogP contribution is -2.52. The van der Waals surface area contributed by atoms with Crippen molar-refractivity contribution < 1.29 is 43.3 Å². The second-order valence-electron chi connectivity index (χ2n) is 12.8. The molecular weight excluding hydrogens is 654 g/mol. The molecule has 1 aliphatic heterocycles. The van der Waals surface area contributed by atoms with Crippen molar-refractivity contribution >= 4 is 47.6 Å². The van der Waals surface area contributed by atoms with Crippen molar-refractivity contribution in [3.8, 4) is 11.1 Å². The first kappa shape index (κ1) is 37.0. The average molecular weight is 698 g/mol. The van der Waals surface area contributed by atoms with Crippen molar-refractivity contribution in [3.63, 3.8) is 0 Å². The minimum atomic E-state index is -1.26. The van der Waals surface area contributed by atoms with Crippen LogP contribution in [0.1, 0.15) is 57.1 Å². The number of ether oxygens (including phenoxy) is 2. The number of carbonyl (C=O) groups excluding carboxylic acids is 5. The molecular formula is C34H43N5O9S. The van der Waals surface area contributed by atoms with Crippen molar-refractivity contribution in [3.05, 3.63) is 59.7 Å². The fourth-order valence-corrected chi connectivity index (χ4v) is 6.86. The van der Waals surface area contributed by atoms with Crippen LogP contribution in [-0.4, -0.2) is 101 Å². The van der Waals surface area contributed by atoms with E-state index in [4.69, 9.17) is 15.2 Å². The Morgan fingerprint density at radius 2 is 1.59 bits per heavy atom. The van der Waals surface area contributed by atoms with Crippen molar-refractivity contribution in [2.24, 2.45) is 5.73 Å². The molecule has 2 aromatic carbocycles. The minimum absolute atomic E-state index is 0.00301. The minimum Gasteiger partial charge on any atom is -0.480 e. The SMILES string of the molecule is CC(C)(C)OC(=O)NCC(=O)N1CCC[C@H]1C(=O)N[C@@H](CCSC[C@@H](NC(=O)OCC1c2ccccc2-c2ccccc21)C(N)=O)C(=O)O. The molecule has 2 aliphatic rings. The van der Waals surface area contributed by atoms with Gasteiger partial charge in [-0.25, -0.2) is 14.4 Å². The maximum Gasteiger partial charge on any atom is 0.408 e. The van der Waals surface area contributed by atoms with E-state index in [0.717, 1.165) is 22.3 Å². The summed E-state index contributed by atoms with van der Waals surface area (Å²) in [6, 6.07) is 12.6. The quantitative estimate of drug-likeness (QED) is 0.182. The summed E-state index contributed by atoms with van der Waals surface area (Å²) >= 11 is 1.18. The average Bonchev–Trinajstić information content (AvgIpc) is 3.66. The fourth-order valence-electron chi connectivity index (χ4n) is 5.81. The van der Waals surface area contributed by atoms with Gasteiger partial charge in [-0.2, -0.15) is 11.8 Å². The monoisotopic (exact) mass is 697 g/mol. The molecule has 5 amide bonds. The van der Waals surface area contributed by atoms with Crippen LogP contribution < -0.4 is 21.7 Å². The van der Waals surface area contributed by atoms with Gasteiger partial charge in [-0.1, -0.05) is 48.5 Å². The molecule has 49 heavy (non-hydrogen) atoms. The number of nitrogens with one attached hydrogen (secondary N) is 3. The maximum absolute atomic E-state index is 13.0. The summed E-state index contributed by atoms with van der Waals surface area (Å²) in [6.07, 6.45) is -0.694. The molecule has 0 bridgehead atoms. The predicted molar refractivity (Wildman–Crippen MR) is 182 cm³/mol. The molecule has 264 valence electrons. The highest BCUT2D eigenvalue weighted by Gasteiger charge is 2.36. The first-order valence-electron chi connectivity index (χ1n) is 16.0. The molecule has 15 heteroatoms. The molecule has 14 nitrogen and oxygen atoms in total. The molecule has 0 aromatic heterocycles. The first-order valence-corrected chi connectivity index (χ1v) is 17.2. The Labute approximate surface area is 288 Å². The Hall–Kier alpha value is -4.79. The lowest BCUT2D eigenvalue weighted by molar-refractivity contribution is -0.143. The van der Waals surface area contributed by atoms with Gasteiger partial charge >= 0.3 is 18.2 Å². The van der Waals surface area contributed by atoms with Crippen LogP contribution >= 0.6 is 11.8 Å². The molecule has 4 rings (SSSR count). The number of thioether (sulfide) groups is 1. The van der Waals surface area contributed by atoms with Gasteiger partial charge in [0.1, 0.15) is 36.9 Å². The molecule has 6 N–H and O–H groups in total. The Bertz CT molecular complexity index is 1520. The zero-order valence-electron chi connectivity index (χ0n) is 27.7. The van der Waals surface area contributed by atoms with E-state index in [2.05, 4.69) is 16.0 Å². The van der Waals surface area contributed by atoms with E-state index in [1.807, 2.05) is 48.5 Å². The van der Waals surface area contributed by atoms with E-state index in [9.17, 15) is 33.9 Å². The number of hydrogen-bond donors (Lipinski definition) is 5. The van der Waals surface area contributed by atoms with Crippen LogP contribution in [0.15, 0.2) is 48.5 Å². The summed E-state index contributed by atoms with van der Waals surface area (Å²) in [6.45, 7) is 5.03. The van der Waals surface area contributed by atoms with Crippen molar-refractivity contribution in [1.29, 1.82) is 0 Å². The van der Waals surface area contributed by atoms with Gasteiger partial charge < -0.3 is 41.2 Å². The number of rotatable bonds is 14. The van der Waals surface area contributed by atoms with Crippen LogP contribution in [-0.2, 0) is 28.7 Å². The van der Waals surface area contributed by atoms with Crippen LogP contribution in [0.5, 0.6) is 0 Å². The number of fused-ring (bicyclic) bond motifs is 3. The summed E-state index contributed by atoms with van der Waals surface area (Å²) < 4.78 is 10.6. The third-order valence-electron chi connectivity index (χ3n) is 8.09. The Morgan fingerprint density at radius 3 is 2.18 bits per heavy atom. The summed E-state index contributed by atoms with van der Waals surface area (Å²) in [5.41, 5.74) is 9.02. The van der Waals surface area contributed by atoms with Crippen molar-refractivity contribution in [1.82, 2.24) is 20.9 Å². The fraction of sp³-hybridized carbons (Fsp3) is 0.471. The summed E-state index contributed by atoms with van der Waals surface area (Å²) in [5, 5.41) is 17.1.